The molecule has 0 atom stereocenters. The van der Waals surface area contributed by atoms with Crippen LogP contribution in [0.3, 0.4) is 0 Å². The van der Waals surface area contributed by atoms with Gasteiger partial charge in [-0.2, -0.15) is 4.99 Å². The van der Waals surface area contributed by atoms with Gasteiger partial charge in [0.05, 0.1) is 10.6 Å². The number of halogens is 2. The van der Waals surface area contributed by atoms with Crippen molar-refractivity contribution in [1.82, 2.24) is 4.90 Å². The third-order valence-corrected chi connectivity index (χ3v) is 7.15. The summed E-state index contributed by atoms with van der Waals surface area (Å²) in [4.78, 5) is 21.5. The second-order valence-corrected chi connectivity index (χ2v) is 9.67. The Morgan fingerprint density at radius 1 is 0.943 bits per heavy atom. The molecule has 1 fully saturated rings. The number of hydrogen-bond donors (Lipinski definition) is 0. The van der Waals surface area contributed by atoms with E-state index in [-0.39, 0.29) is 11.7 Å². The molecule has 0 N–H and O–H groups in total. The number of ether oxygens (including phenoxy) is 1. The zero-order valence-electron chi connectivity index (χ0n) is 18.9. The van der Waals surface area contributed by atoms with Crippen LogP contribution in [0.15, 0.2) is 82.7 Å². The third-order valence-electron chi connectivity index (χ3n) is 5.85. The van der Waals surface area contributed by atoms with E-state index < -0.39 is 0 Å². The summed E-state index contributed by atoms with van der Waals surface area (Å²) in [7, 11) is 0. The van der Waals surface area contributed by atoms with E-state index in [0.29, 0.717) is 53.6 Å². The zero-order chi connectivity index (χ0) is 24.2. The Balaban J connectivity index is 1.16. The van der Waals surface area contributed by atoms with E-state index in [9.17, 15) is 9.18 Å². The molecule has 1 amide bonds. The largest absolute Gasteiger partial charge is 0.489 e. The summed E-state index contributed by atoms with van der Waals surface area (Å²) in [6, 6.07) is 22.0. The van der Waals surface area contributed by atoms with Crippen LogP contribution in [0.1, 0.15) is 11.1 Å². The number of para-hydroxylation sites is 1. The Hall–Kier alpha value is -3.29. The van der Waals surface area contributed by atoms with Crippen LogP contribution in [-0.2, 0) is 11.4 Å². The van der Waals surface area contributed by atoms with Crippen LogP contribution >= 0.6 is 23.4 Å². The highest BCUT2D eigenvalue weighted by molar-refractivity contribution is 8.18. The van der Waals surface area contributed by atoms with Crippen LogP contribution in [0.5, 0.6) is 5.75 Å². The molecule has 0 aliphatic carbocycles. The maximum atomic E-state index is 14.1. The van der Waals surface area contributed by atoms with Gasteiger partial charge in [-0.25, -0.2) is 4.39 Å². The molecule has 2 aliphatic rings. The number of piperazine rings is 1. The Kier molecular flexibility index (Phi) is 7.06. The Bertz CT molecular complexity index is 1270. The lowest BCUT2D eigenvalue weighted by Gasteiger charge is -2.36. The molecular formula is C27H23ClFN3O2S. The molecule has 3 aromatic carbocycles. The Morgan fingerprint density at radius 2 is 1.63 bits per heavy atom. The van der Waals surface area contributed by atoms with Crippen LogP contribution in [0.25, 0.3) is 6.08 Å². The predicted molar refractivity (Wildman–Crippen MR) is 140 cm³/mol. The highest BCUT2D eigenvalue weighted by Gasteiger charge is 2.29. The standard InChI is InChI=1S/C27H23ClFN3O2S/c28-21-9-5-20(6-10-21)18-34-22-11-7-19(8-12-22)17-25-26(33)30-27(35-25)32-15-13-31(14-16-32)24-4-2-1-3-23(24)29/h1-12,17H,13-16,18H2/b25-17-. The number of carbonyl (C=O) groups excluding carboxylic acids is 1. The van der Waals surface area contributed by atoms with Gasteiger partial charge in [-0.15, -0.1) is 0 Å². The lowest BCUT2D eigenvalue weighted by molar-refractivity contribution is -0.113. The summed E-state index contributed by atoms with van der Waals surface area (Å²) < 4.78 is 19.9. The number of rotatable bonds is 5. The molecule has 35 heavy (non-hydrogen) atoms. The van der Waals surface area contributed by atoms with Gasteiger partial charge in [-0.1, -0.05) is 48.0 Å². The smallest absolute Gasteiger partial charge is 0.286 e. The molecule has 8 heteroatoms. The molecule has 2 aliphatic heterocycles. The maximum Gasteiger partial charge on any atom is 0.286 e. The van der Waals surface area contributed by atoms with Crippen LogP contribution in [-0.4, -0.2) is 42.2 Å². The molecule has 0 radical (unpaired) electrons. The summed E-state index contributed by atoms with van der Waals surface area (Å²) >= 11 is 7.30. The zero-order valence-corrected chi connectivity index (χ0v) is 20.4. The summed E-state index contributed by atoms with van der Waals surface area (Å²) in [5.74, 6) is 0.303. The van der Waals surface area contributed by atoms with Gasteiger partial charge in [-0.05, 0) is 65.4 Å². The molecule has 1 saturated heterocycles. The molecule has 0 unspecified atom stereocenters. The van der Waals surface area contributed by atoms with Crippen molar-refractivity contribution in [2.75, 3.05) is 31.1 Å². The van der Waals surface area contributed by atoms with Gasteiger partial charge < -0.3 is 14.5 Å². The van der Waals surface area contributed by atoms with Crippen molar-refractivity contribution >= 4 is 46.2 Å². The number of amidine groups is 1. The van der Waals surface area contributed by atoms with Crippen molar-refractivity contribution in [2.45, 2.75) is 6.61 Å². The maximum absolute atomic E-state index is 14.1. The van der Waals surface area contributed by atoms with Gasteiger partial charge in [0.15, 0.2) is 5.17 Å². The van der Waals surface area contributed by atoms with Crippen molar-refractivity contribution in [3.05, 3.63) is 99.7 Å². The fourth-order valence-corrected chi connectivity index (χ4v) is 5.03. The normalized spacial score (nSPS) is 17.1. The first-order valence-electron chi connectivity index (χ1n) is 11.3. The molecule has 0 spiro atoms. The number of aliphatic imine (C=N–C) groups is 1. The van der Waals surface area contributed by atoms with E-state index in [1.807, 2.05) is 65.6 Å². The molecular weight excluding hydrogens is 485 g/mol. The summed E-state index contributed by atoms with van der Waals surface area (Å²) in [6.45, 7) is 3.16. The van der Waals surface area contributed by atoms with Crippen LogP contribution < -0.4 is 9.64 Å². The number of thioether (sulfide) groups is 1. The second-order valence-electron chi connectivity index (χ2n) is 8.22. The quantitative estimate of drug-likeness (QED) is 0.405. The molecule has 5 rings (SSSR count). The van der Waals surface area contributed by atoms with Crippen LogP contribution in [0, 0.1) is 5.82 Å². The lowest BCUT2D eigenvalue weighted by atomic mass is 10.2. The Morgan fingerprint density at radius 3 is 2.34 bits per heavy atom. The monoisotopic (exact) mass is 507 g/mol. The minimum atomic E-state index is -0.232. The number of carbonyl (C=O) groups is 1. The van der Waals surface area contributed by atoms with Gasteiger partial charge in [0, 0.05) is 31.2 Å². The van der Waals surface area contributed by atoms with E-state index in [1.54, 1.807) is 12.1 Å². The van der Waals surface area contributed by atoms with Gasteiger partial charge in [-0.3, -0.25) is 4.79 Å². The minimum Gasteiger partial charge on any atom is -0.489 e. The minimum absolute atomic E-state index is 0.213. The first kappa shape index (κ1) is 23.5. The van der Waals surface area contributed by atoms with E-state index >= 15 is 0 Å². The number of nitrogens with zero attached hydrogens (tertiary/aromatic N) is 3. The summed E-state index contributed by atoms with van der Waals surface area (Å²) in [5, 5.41) is 1.40. The average molecular weight is 508 g/mol. The SMILES string of the molecule is O=C1N=C(N2CCN(c3ccccc3F)CC2)S/C1=C\c1ccc(OCc2ccc(Cl)cc2)cc1. The predicted octanol–water partition coefficient (Wildman–Crippen LogP) is 5.85. The van der Waals surface area contributed by atoms with Crippen molar-refractivity contribution in [3.8, 4) is 5.75 Å². The van der Waals surface area contributed by atoms with Crippen LogP contribution in [0.4, 0.5) is 10.1 Å². The summed E-state index contributed by atoms with van der Waals surface area (Å²) in [5.41, 5.74) is 2.55. The van der Waals surface area contributed by atoms with Crippen molar-refractivity contribution in [2.24, 2.45) is 4.99 Å². The van der Waals surface area contributed by atoms with Crippen molar-refractivity contribution < 1.29 is 13.9 Å². The molecule has 3 aromatic rings. The second kappa shape index (κ2) is 10.5. The van der Waals surface area contributed by atoms with Crippen molar-refractivity contribution in [3.63, 3.8) is 0 Å². The van der Waals surface area contributed by atoms with Gasteiger partial charge in [0.2, 0.25) is 0 Å². The highest BCUT2D eigenvalue weighted by Crippen LogP contribution is 2.31. The van der Waals surface area contributed by atoms with Crippen LogP contribution in [0.2, 0.25) is 5.02 Å². The molecule has 0 saturated carbocycles. The molecule has 5 nitrogen and oxygen atoms in total. The number of hydrogen-bond acceptors (Lipinski definition) is 5. The number of benzene rings is 3. The van der Waals surface area contributed by atoms with E-state index in [2.05, 4.69) is 9.89 Å². The fraction of sp³-hybridized carbons (Fsp3) is 0.185. The highest BCUT2D eigenvalue weighted by atomic mass is 35.5. The number of amides is 1. The first-order chi connectivity index (χ1) is 17.0. The number of anilines is 1. The summed E-state index contributed by atoms with van der Waals surface area (Å²) in [6.07, 6.45) is 1.85. The molecule has 2 heterocycles. The van der Waals surface area contributed by atoms with Gasteiger partial charge >= 0.3 is 0 Å². The Labute approximate surface area is 212 Å². The molecule has 0 bridgehead atoms. The molecule has 0 aromatic heterocycles. The average Bonchev–Trinajstić information content (AvgIpc) is 3.25. The van der Waals surface area contributed by atoms with E-state index in [4.69, 9.17) is 16.3 Å². The van der Waals surface area contributed by atoms with E-state index in [1.165, 1.54) is 17.8 Å². The van der Waals surface area contributed by atoms with Gasteiger partial charge in [0.1, 0.15) is 18.2 Å². The van der Waals surface area contributed by atoms with E-state index in [0.717, 1.165) is 16.9 Å². The third kappa shape index (κ3) is 5.69. The topological polar surface area (TPSA) is 45.1 Å². The van der Waals surface area contributed by atoms with Gasteiger partial charge in [0.25, 0.3) is 5.91 Å². The van der Waals surface area contributed by atoms with Crippen molar-refractivity contribution in [1.29, 1.82) is 0 Å². The first-order valence-corrected chi connectivity index (χ1v) is 12.5. The fourth-order valence-electron chi connectivity index (χ4n) is 3.94. The lowest BCUT2D eigenvalue weighted by Crippen LogP contribution is -2.48. The molecule has 178 valence electrons.